The fourth-order valence-electron chi connectivity index (χ4n) is 1.42. The molecule has 0 aromatic carbocycles. The fraction of sp³-hybridized carbons (Fsp3) is 0.615. The Bertz CT molecular complexity index is 332. The first kappa shape index (κ1) is 13.9. The van der Waals surface area contributed by atoms with Gasteiger partial charge in [0.25, 0.3) is 0 Å². The van der Waals surface area contributed by atoms with Crippen molar-refractivity contribution >= 4 is 6.08 Å². The van der Waals surface area contributed by atoms with Crippen LogP contribution in [-0.2, 0) is 0 Å². The van der Waals surface area contributed by atoms with Crippen molar-refractivity contribution in [1.82, 2.24) is 4.98 Å². The highest BCUT2D eigenvalue weighted by Crippen LogP contribution is 1.92. The number of H-pyrrole nitrogens is 1. The summed E-state index contributed by atoms with van der Waals surface area (Å²) in [6.07, 6.45) is 4.60. The third kappa shape index (κ3) is 4.32. The summed E-state index contributed by atoms with van der Waals surface area (Å²) in [5.41, 5.74) is 2.27. The minimum Gasteiger partial charge on any atom is -0.344 e. The molecule has 1 aliphatic rings. The molecule has 2 rings (SSSR count). The number of aryl methyl sites for hydroxylation is 1. The fourth-order valence-corrected chi connectivity index (χ4v) is 1.42. The van der Waals surface area contributed by atoms with Crippen molar-refractivity contribution in [2.24, 2.45) is 4.99 Å². The highest BCUT2D eigenvalue weighted by molar-refractivity contribution is 5.24. The van der Waals surface area contributed by atoms with Gasteiger partial charge in [-0.15, -0.1) is 0 Å². The largest absolute Gasteiger partial charge is 0.344 e. The lowest BCUT2D eigenvalue weighted by molar-refractivity contribution is 0.856. The molecule has 0 atom stereocenters. The number of hydrogen-bond donors (Lipinski definition) is 1. The van der Waals surface area contributed by atoms with Gasteiger partial charge in [0, 0.05) is 18.9 Å². The van der Waals surface area contributed by atoms with E-state index in [-0.39, 0.29) is 1.43 Å². The molecule has 2 heterocycles. The van der Waals surface area contributed by atoms with Crippen LogP contribution in [-0.4, -0.2) is 11.5 Å². The molecule has 0 aliphatic carbocycles. The second-order valence-electron chi connectivity index (χ2n) is 2.98. The van der Waals surface area contributed by atoms with Crippen molar-refractivity contribution in [3.63, 3.8) is 0 Å². The minimum absolute atomic E-state index is 0. The van der Waals surface area contributed by atoms with E-state index in [0.717, 1.165) is 18.5 Å². The SMILES string of the molecule is CC.CC.Cc1cc2c([nH]1)=NCCCC=2.[HH]. The number of hydrogen-bond acceptors (Lipinski definition) is 1. The van der Waals surface area contributed by atoms with Crippen LogP contribution >= 0.6 is 0 Å². The van der Waals surface area contributed by atoms with Gasteiger partial charge in [0.05, 0.1) is 0 Å². The first-order valence-corrected chi connectivity index (χ1v) is 6.06. The second kappa shape index (κ2) is 8.27. The van der Waals surface area contributed by atoms with Crippen LogP contribution < -0.4 is 10.7 Å². The maximum Gasteiger partial charge on any atom is 0.132 e. The van der Waals surface area contributed by atoms with Crippen LogP contribution in [0.4, 0.5) is 0 Å². The Kier molecular flexibility index (Phi) is 7.69. The van der Waals surface area contributed by atoms with Crippen LogP contribution in [0.25, 0.3) is 6.08 Å². The summed E-state index contributed by atoms with van der Waals surface area (Å²) in [4.78, 5) is 7.66. The van der Waals surface area contributed by atoms with Crippen molar-refractivity contribution < 1.29 is 1.43 Å². The Morgan fingerprint density at radius 2 is 1.93 bits per heavy atom. The molecule has 0 radical (unpaired) electrons. The number of nitrogens with zero attached hydrogens (tertiary/aromatic N) is 1. The van der Waals surface area contributed by atoms with Gasteiger partial charge >= 0.3 is 0 Å². The Morgan fingerprint density at radius 1 is 1.27 bits per heavy atom. The second-order valence-corrected chi connectivity index (χ2v) is 2.98. The maximum absolute atomic E-state index is 4.42. The topological polar surface area (TPSA) is 28.1 Å². The van der Waals surface area contributed by atoms with E-state index in [4.69, 9.17) is 0 Å². The van der Waals surface area contributed by atoms with Crippen molar-refractivity contribution in [2.45, 2.75) is 47.5 Å². The highest BCUT2D eigenvalue weighted by Gasteiger charge is 1.95. The van der Waals surface area contributed by atoms with Crippen LogP contribution in [0.15, 0.2) is 11.1 Å². The maximum atomic E-state index is 4.42. The van der Waals surface area contributed by atoms with E-state index < -0.39 is 0 Å². The zero-order chi connectivity index (χ0) is 11.7. The zero-order valence-electron chi connectivity index (χ0n) is 10.7. The summed E-state index contributed by atoms with van der Waals surface area (Å²) in [6, 6.07) is 2.16. The third-order valence-electron chi connectivity index (χ3n) is 1.96. The first-order chi connectivity index (χ1) is 7.36. The van der Waals surface area contributed by atoms with E-state index in [1.54, 1.807) is 0 Å². The smallest absolute Gasteiger partial charge is 0.132 e. The third-order valence-corrected chi connectivity index (χ3v) is 1.96. The van der Waals surface area contributed by atoms with Gasteiger partial charge < -0.3 is 4.98 Å². The van der Waals surface area contributed by atoms with Crippen molar-refractivity contribution in [2.75, 3.05) is 6.54 Å². The highest BCUT2D eigenvalue weighted by atomic mass is 14.8. The van der Waals surface area contributed by atoms with E-state index in [1.807, 2.05) is 27.7 Å². The summed E-state index contributed by atoms with van der Waals surface area (Å²) in [7, 11) is 0. The molecule has 1 aliphatic heterocycles. The molecule has 0 fully saturated rings. The van der Waals surface area contributed by atoms with E-state index in [0.29, 0.717) is 0 Å². The Labute approximate surface area is 94.6 Å². The molecule has 0 spiro atoms. The van der Waals surface area contributed by atoms with Gasteiger partial charge in [-0.2, -0.15) is 0 Å². The molecule has 15 heavy (non-hydrogen) atoms. The molecule has 1 aromatic heterocycles. The summed E-state index contributed by atoms with van der Waals surface area (Å²) < 4.78 is 0. The zero-order valence-corrected chi connectivity index (χ0v) is 10.7. The van der Waals surface area contributed by atoms with Crippen LogP contribution in [0.5, 0.6) is 0 Å². The summed E-state index contributed by atoms with van der Waals surface area (Å²) in [5.74, 6) is 0. The number of fused-ring (bicyclic) bond motifs is 1. The molecule has 0 amide bonds. The van der Waals surface area contributed by atoms with Gasteiger partial charge in [0.15, 0.2) is 0 Å². The molecule has 2 heteroatoms. The molecule has 0 saturated heterocycles. The average Bonchev–Trinajstić information content (AvgIpc) is 2.51. The number of aromatic amines is 1. The average molecular weight is 210 g/mol. The summed E-state index contributed by atoms with van der Waals surface area (Å²) in [6.45, 7) is 11.0. The lowest BCUT2D eigenvalue weighted by Crippen LogP contribution is -2.21. The van der Waals surface area contributed by atoms with Crippen LogP contribution in [0.3, 0.4) is 0 Å². The summed E-state index contributed by atoms with van der Waals surface area (Å²) >= 11 is 0. The first-order valence-electron chi connectivity index (χ1n) is 6.06. The number of nitrogens with one attached hydrogen (secondary N) is 1. The lowest BCUT2D eigenvalue weighted by atomic mass is 10.3. The molecule has 0 unspecified atom stereocenters. The Morgan fingerprint density at radius 3 is 2.60 bits per heavy atom. The molecule has 1 aromatic rings. The molecule has 0 saturated carbocycles. The molecule has 88 valence electrons. The van der Waals surface area contributed by atoms with Crippen molar-refractivity contribution in [1.29, 1.82) is 0 Å². The Hall–Kier alpha value is -1.05. The quantitative estimate of drug-likeness (QED) is 0.682. The number of aromatic nitrogens is 1. The van der Waals surface area contributed by atoms with Gasteiger partial charge in [-0.25, -0.2) is 0 Å². The predicted octanol–water partition coefficient (Wildman–Crippen LogP) is 2.82. The number of rotatable bonds is 0. The van der Waals surface area contributed by atoms with Crippen LogP contribution in [0.2, 0.25) is 0 Å². The van der Waals surface area contributed by atoms with E-state index in [1.165, 1.54) is 17.3 Å². The van der Waals surface area contributed by atoms with Crippen LogP contribution in [0, 0.1) is 6.92 Å². The van der Waals surface area contributed by atoms with Crippen molar-refractivity contribution in [3.8, 4) is 0 Å². The molecule has 0 bridgehead atoms. The molecule has 2 nitrogen and oxygen atoms in total. The van der Waals surface area contributed by atoms with E-state index in [9.17, 15) is 0 Å². The summed E-state index contributed by atoms with van der Waals surface area (Å²) in [5, 5.41) is 1.28. The molecular weight excluding hydrogens is 184 g/mol. The lowest BCUT2D eigenvalue weighted by Gasteiger charge is -1.84. The van der Waals surface area contributed by atoms with Crippen LogP contribution in [0.1, 0.15) is 47.7 Å². The standard InChI is InChI=1S/C9H12N2.2C2H6.H2/c1-7-6-8-4-2-3-5-10-9(8)11-7;2*1-2;/h4,6H,2-3,5H2,1H3,(H,10,11);2*1-2H3;1H. The Balaban J connectivity index is 0. The van der Waals surface area contributed by atoms with Gasteiger partial charge in [-0.3, -0.25) is 4.99 Å². The van der Waals surface area contributed by atoms with E-state index in [2.05, 4.69) is 29.0 Å². The minimum atomic E-state index is 0. The van der Waals surface area contributed by atoms with Gasteiger partial charge in [0.1, 0.15) is 5.49 Å². The van der Waals surface area contributed by atoms with Gasteiger partial charge in [0.2, 0.25) is 0 Å². The van der Waals surface area contributed by atoms with E-state index >= 15 is 0 Å². The monoisotopic (exact) mass is 210 g/mol. The van der Waals surface area contributed by atoms with Crippen molar-refractivity contribution in [3.05, 3.63) is 22.5 Å². The van der Waals surface area contributed by atoms with Gasteiger partial charge in [-0.05, 0) is 25.8 Å². The molecular formula is C13H26N2. The van der Waals surface area contributed by atoms with Gasteiger partial charge in [-0.1, -0.05) is 33.8 Å². The normalized spacial score (nSPS) is 12.6. The predicted molar refractivity (Wildman–Crippen MR) is 69.7 cm³/mol. The molecule has 1 N–H and O–H groups in total.